The molecule has 0 heterocycles. The average Bonchev–Trinajstić information content (AvgIpc) is 2.39. The van der Waals surface area contributed by atoms with Gasteiger partial charge < -0.3 is 5.73 Å². The highest BCUT2D eigenvalue weighted by Gasteiger charge is 2.28. The molecule has 0 spiro atoms. The van der Waals surface area contributed by atoms with Crippen molar-refractivity contribution >= 4 is 15.9 Å². The molecule has 1 aromatic rings. The molecule has 0 saturated carbocycles. The van der Waals surface area contributed by atoms with Crippen molar-refractivity contribution in [3.05, 3.63) is 30.3 Å². The van der Waals surface area contributed by atoms with E-state index < -0.39 is 10.2 Å². The Hall–Kier alpha value is -1.11. The van der Waals surface area contributed by atoms with E-state index >= 15 is 0 Å². The van der Waals surface area contributed by atoms with E-state index in [0.717, 1.165) is 0 Å². The van der Waals surface area contributed by atoms with Gasteiger partial charge in [-0.05, 0) is 38.9 Å². The van der Waals surface area contributed by atoms with Gasteiger partial charge in [-0.2, -0.15) is 12.7 Å². The molecule has 0 aromatic heterocycles. The zero-order valence-corrected chi connectivity index (χ0v) is 12.6. The zero-order chi connectivity index (χ0) is 14.5. The van der Waals surface area contributed by atoms with Crippen LogP contribution in [0.15, 0.2) is 30.3 Å². The van der Waals surface area contributed by atoms with Crippen LogP contribution < -0.4 is 10.0 Å². The first kappa shape index (κ1) is 15.9. The van der Waals surface area contributed by atoms with E-state index in [2.05, 4.69) is 0 Å². The van der Waals surface area contributed by atoms with Gasteiger partial charge in [0.15, 0.2) is 0 Å². The van der Waals surface area contributed by atoms with Crippen molar-refractivity contribution in [2.24, 2.45) is 5.73 Å². The van der Waals surface area contributed by atoms with E-state index in [4.69, 9.17) is 5.73 Å². The van der Waals surface area contributed by atoms with Crippen LogP contribution in [0.3, 0.4) is 0 Å². The lowest BCUT2D eigenvalue weighted by molar-refractivity contribution is 0.408. The first-order valence-corrected chi connectivity index (χ1v) is 7.81. The second-order valence-corrected chi connectivity index (χ2v) is 6.58. The average molecular weight is 285 g/mol. The van der Waals surface area contributed by atoms with Gasteiger partial charge in [-0.1, -0.05) is 18.2 Å². The third-order valence-corrected chi connectivity index (χ3v) is 5.08. The summed E-state index contributed by atoms with van der Waals surface area (Å²) in [5.74, 6) is 0. The topological polar surface area (TPSA) is 66.6 Å². The molecule has 0 atom stereocenters. The lowest BCUT2D eigenvalue weighted by Gasteiger charge is -2.31. The fourth-order valence-electron chi connectivity index (χ4n) is 1.63. The highest BCUT2D eigenvalue weighted by molar-refractivity contribution is 7.90. The SMILES string of the molecule is CC(C)N(C)S(=O)(=O)N(CCCN)c1ccccc1. The Labute approximate surface area is 116 Å². The molecule has 1 aromatic carbocycles. The molecule has 5 nitrogen and oxygen atoms in total. The molecule has 0 aliphatic carbocycles. The maximum absolute atomic E-state index is 12.6. The van der Waals surface area contributed by atoms with Crippen LogP contribution in [-0.4, -0.2) is 38.9 Å². The number of para-hydroxylation sites is 1. The van der Waals surface area contributed by atoms with Crippen LogP contribution in [0.5, 0.6) is 0 Å². The molecule has 0 amide bonds. The number of rotatable bonds is 7. The van der Waals surface area contributed by atoms with Crippen molar-refractivity contribution in [3.8, 4) is 0 Å². The van der Waals surface area contributed by atoms with Crippen LogP contribution in [0, 0.1) is 0 Å². The number of nitrogens with two attached hydrogens (primary N) is 1. The highest BCUT2D eigenvalue weighted by Crippen LogP contribution is 2.20. The second kappa shape index (κ2) is 6.88. The zero-order valence-electron chi connectivity index (χ0n) is 11.8. The standard InChI is InChI=1S/C13H23N3O2S/c1-12(2)15(3)19(17,18)16(11-7-10-14)13-8-5-4-6-9-13/h4-6,8-9,12H,7,10-11,14H2,1-3H3. The molecule has 0 radical (unpaired) electrons. The van der Waals surface area contributed by atoms with Crippen molar-refractivity contribution in [2.75, 3.05) is 24.4 Å². The Morgan fingerprint density at radius 3 is 2.26 bits per heavy atom. The third kappa shape index (κ3) is 3.92. The molecular formula is C13H23N3O2S. The predicted molar refractivity (Wildman–Crippen MR) is 79.3 cm³/mol. The molecule has 0 bridgehead atoms. The van der Waals surface area contributed by atoms with Crippen molar-refractivity contribution in [3.63, 3.8) is 0 Å². The maximum atomic E-state index is 12.6. The van der Waals surface area contributed by atoms with Gasteiger partial charge in [-0.25, -0.2) is 0 Å². The van der Waals surface area contributed by atoms with Gasteiger partial charge in [0.05, 0.1) is 5.69 Å². The Kier molecular flexibility index (Phi) is 5.78. The first-order valence-electron chi connectivity index (χ1n) is 6.42. The van der Waals surface area contributed by atoms with Gasteiger partial charge in [0.1, 0.15) is 0 Å². The lowest BCUT2D eigenvalue weighted by atomic mass is 10.3. The summed E-state index contributed by atoms with van der Waals surface area (Å²) in [6.07, 6.45) is 0.625. The molecule has 108 valence electrons. The molecule has 0 aliphatic rings. The summed E-state index contributed by atoms with van der Waals surface area (Å²) in [5.41, 5.74) is 6.17. The summed E-state index contributed by atoms with van der Waals surface area (Å²) in [7, 11) is -1.92. The largest absolute Gasteiger partial charge is 0.330 e. The Morgan fingerprint density at radius 1 is 1.21 bits per heavy atom. The molecule has 2 N–H and O–H groups in total. The normalized spacial score (nSPS) is 12.1. The Morgan fingerprint density at radius 2 is 1.79 bits per heavy atom. The number of hydrogen-bond acceptors (Lipinski definition) is 3. The fraction of sp³-hybridized carbons (Fsp3) is 0.538. The maximum Gasteiger partial charge on any atom is 0.304 e. The summed E-state index contributed by atoms with van der Waals surface area (Å²) in [6, 6.07) is 9.02. The third-order valence-electron chi connectivity index (χ3n) is 2.98. The van der Waals surface area contributed by atoms with Crippen molar-refractivity contribution in [2.45, 2.75) is 26.3 Å². The molecular weight excluding hydrogens is 262 g/mol. The lowest BCUT2D eigenvalue weighted by Crippen LogP contribution is -2.45. The minimum absolute atomic E-state index is 0.0888. The van der Waals surface area contributed by atoms with E-state index in [-0.39, 0.29) is 6.04 Å². The number of benzene rings is 1. The summed E-state index contributed by atoms with van der Waals surface area (Å²) >= 11 is 0. The van der Waals surface area contributed by atoms with Crippen LogP contribution in [0.25, 0.3) is 0 Å². The Bertz CT molecular complexity index is 474. The number of anilines is 1. The van der Waals surface area contributed by atoms with Gasteiger partial charge >= 0.3 is 10.2 Å². The van der Waals surface area contributed by atoms with E-state index in [1.54, 1.807) is 19.2 Å². The summed E-state index contributed by atoms with van der Waals surface area (Å²) in [5, 5.41) is 0. The van der Waals surface area contributed by atoms with Crippen LogP contribution in [0.4, 0.5) is 5.69 Å². The fourth-order valence-corrected chi connectivity index (χ4v) is 3.22. The van der Waals surface area contributed by atoms with E-state index in [0.29, 0.717) is 25.2 Å². The smallest absolute Gasteiger partial charge is 0.304 e. The van der Waals surface area contributed by atoms with Gasteiger partial charge in [0.25, 0.3) is 0 Å². The van der Waals surface area contributed by atoms with E-state index in [1.165, 1.54) is 8.61 Å². The minimum atomic E-state index is -3.51. The molecule has 6 heteroatoms. The van der Waals surface area contributed by atoms with Gasteiger partial charge in [0.2, 0.25) is 0 Å². The molecule has 1 rings (SSSR count). The molecule has 0 aliphatic heterocycles. The van der Waals surface area contributed by atoms with Crippen molar-refractivity contribution in [1.29, 1.82) is 0 Å². The van der Waals surface area contributed by atoms with Crippen LogP contribution >= 0.6 is 0 Å². The van der Waals surface area contributed by atoms with Gasteiger partial charge in [0, 0.05) is 19.6 Å². The van der Waals surface area contributed by atoms with Crippen molar-refractivity contribution < 1.29 is 8.42 Å². The first-order chi connectivity index (χ1) is 8.91. The quantitative estimate of drug-likeness (QED) is 0.824. The predicted octanol–water partition coefficient (Wildman–Crippen LogP) is 1.43. The molecule has 0 fully saturated rings. The van der Waals surface area contributed by atoms with Crippen LogP contribution in [0.2, 0.25) is 0 Å². The van der Waals surface area contributed by atoms with Crippen molar-refractivity contribution in [1.82, 2.24) is 4.31 Å². The minimum Gasteiger partial charge on any atom is -0.330 e. The van der Waals surface area contributed by atoms with E-state index in [1.807, 2.05) is 32.0 Å². The molecule has 0 unspecified atom stereocenters. The Balaban J connectivity index is 3.11. The second-order valence-electron chi connectivity index (χ2n) is 4.67. The summed E-state index contributed by atoms with van der Waals surface area (Å²) in [4.78, 5) is 0. The molecule has 0 saturated heterocycles. The molecule has 19 heavy (non-hydrogen) atoms. The highest BCUT2D eigenvalue weighted by atomic mass is 32.2. The summed E-state index contributed by atoms with van der Waals surface area (Å²) < 4.78 is 28.0. The van der Waals surface area contributed by atoms with Crippen LogP contribution in [0.1, 0.15) is 20.3 Å². The summed E-state index contributed by atoms with van der Waals surface area (Å²) in [6.45, 7) is 4.55. The monoisotopic (exact) mass is 285 g/mol. The number of hydrogen-bond donors (Lipinski definition) is 1. The number of nitrogens with zero attached hydrogens (tertiary/aromatic N) is 2. The van der Waals surface area contributed by atoms with Crippen LogP contribution in [-0.2, 0) is 10.2 Å². The van der Waals surface area contributed by atoms with Gasteiger partial charge in [-0.15, -0.1) is 0 Å². The van der Waals surface area contributed by atoms with E-state index in [9.17, 15) is 8.42 Å². The van der Waals surface area contributed by atoms with Gasteiger partial charge in [-0.3, -0.25) is 4.31 Å².